The average molecular weight is 291 g/mol. The summed E-state index contributed by atoms with van der Waals surface area (Å²) in [6.45, 7) is 0. The molecule has 1 heterocycles. The highest BCUT2D eigenvalue weighted by Crippen LogP contribution is 2.22. The Bertz CT molecular complexity index is 761. The second-order valence-corrected chi connectivity index (χ2v) is 5.47. The lowest BCUT2D eigenvalue weighted by molar-refractivity contribution is 0.103. The molecule has 2 aromatic carbocycles. The smallest absolute Gasteiger partial charge is 0.195 e. The summed E-state index contributed by atoms with van der Waals surface area (Å²) in [5, 5.41) is 2.00. The van der Waals surface area contributed by atoms with Crippen molar-refractivity contribution in [3.05, 3.63) is 88.1 Å². The molecule has 0 N–H and O–H groups in total. The maximum Gasteiger partial charge on any atom is 0.195 e. The number of carbonyl (C=O) groups is 1. The van der Waals surface area contributed by atoms with Gasteiger partial charge in [0.05, 0.1) is 5.69 Å². The largest absolute Gasteiger partial charge is 0.289 e. The van der Waals surface area contributed by atoms with Crippen LogP contribution in [0.1, 0.15) is 20.8 Å². The fraction of sp³-hybridized carbons (Fsp3) is 0. The number of carbonyl (C=O) groups excluding carboxylic acids is 1. The van der Waals surface area contributed by atoms with Crippen LogP contribution in [-0.2, 0) is 0 Å². The first-order chi connectivity index (χ1) is 10.3. The molecular weight excluding hydrogens is 278 g/mol. The Morgan fingerprint density at radius 3 is 2.43 bits per heavy atom. The minimum Gasteiger partial charge on any atom is -0.289 e. The summed E-state index contributed by atoms with van der Waals surface area (Å²) >= 11 is 1.62. The Labute approximate surface area is 127 Å². The molecule has 1 aromatic heterocycles. The molecule has 0 aliphatic carbocycles. The van der Waals surface area contributed by atoms with Gasteiger partial charge in [-0.1, -0.05) is 48.5 Å². The van der Waals surface area contributed by atoms with Crippen molar-refractivity contribution in [2.75, 3.05) is 0 Å². The monoisotopic (exact) mass is 291 g/mol. The van der Waals surface area contributed by atoms with Crippen molar-refractivity contribution in [2.45, 2.75) is 0 Å². The van der Waals surface area contributed by atoms with Crippen LogP contribution in [0.25, 0.3) is 0 Å². The molecule has 0 aliphatic heterocycles. The van der Waals surface area contributed by atoms with Gasteiger partial charge in [0.15, 0.2) is 5.78 Å². The number of hydrogen-bond acceptors (Lipinski definition) is 3. The fourth-order valence-corrected chi connectivity index (χ4v) is 2.61. The number of ketones is 1. The minimum atomic E-state index is -0.00507. The van der Waals surface area contributed by atoms with Gasteiger partial charge in [-0.05, 0) is 23.6 Å². The predicted molar refractivity (Wildman–Crippen MR) is 87.9 cm³/mol. The molecule has 0 atom stereocenters. The molecule has 0 amide bonds. The maximum atomic E-state index is 12.6. The van der Waals surface area contributed by atoms with E-state index in [1.165, 1.54) is 0 Å². The first-order valence-electron chi connectivity index (χ1n) is 6.61. The molecule has 0 aliphatic rings. The first kappa shape index (κ1) is 13.5. The van der Waals surface area contributed by atoms with Crippen LogP contribution in [-0.4, -0.2) is 12.0 Å². The summed E-state index contributed by atoms with van der Waals surface area (Å²) in [6.07, 6.45) is 1.79. The average Bonchev–Trinajstić information content (AvgIpc) is 3.07. The van der Waals surface area contributed by atoms with E-state index in [2.05, 4.69) is 4.99 Å². The van der Waals surface area contributed by atoms with Crippen LogP contribution in [0, 0.1) is 0 Å². The molecule has 0 fully saturated rings. The summed E-state index contributed by atoms with van der Waals surface area (Å²) < 4.78 is 0. The zero-order chi connectivity index (χ0) is 14.5. The normalized spacial score (nSPS) is 10.9. The third-order valence-electron chi connectivity index (χ3n) is 3.06. The number of rotatable bonds is 4. The number of thiophene rings is 1. The molecule has 3 heteroatoms. The zero-order valence-electron chi connectivity index (χ0n) is 11.3. The Hall–Kier alpha value is -2.52. The number of hydrogen-bond donors (Lipinski definition) is 0. The van der Waals surface area contributed by atoms with E-state index in [9.17, 15) is 4.79 Å². The molecule has 0 spiro atoms. The summed E-state index contributed by atoms with van der Waals surface area (Å²) in [5.74, 6) is -0.00507. The third kappa shape index (κ3) is 3.15. The Morgan fingerprint density at radius 1 is 0.905 bits per heavy atom. The Morgan fingerprint density at radius 2 is 1.67 bits per heavy atom. The van der Waals surface area contributed by atoms with Crippen molar-refractivity contribution >= 4 is 29.0 Å². The van der Waals surface area contributed by atoms with Gasteiger partial charge < -0.3 is 0 Å². The van der Waals surface area contributed by atoms with Crippen LogP contribution in [0.5, 0.6) is 0 Å². The lowest BCUT2D eigenvalue weighted by Gasteiger charge is -2.04. The van der Waals surface area contributed by atoms with E-state index in [0.29, 0.717) is 16.8 Å². The van der Waals surface area contributed by atoms with E-state index in [0.717, 1.165) is 4.88 Å². The summed E-state index contributed by atoms with van der Waals surface area (Å²) in [6, 6.07) is 20.7. The number of para-hydroxylation sites is 1. The van der Waals surface area contributed by atoms with Crippen LogP contribution in [0.3, 0.4) is 0 Å². The lowest BCUT2D eigenvalue weighted by Crippen LogP contribution is -2.01. The quantitative estimate of drug-likeness (QED) is 0.505. The van der Waals surface area contributed by atoms with Crippen LogP contribution >= 0.6 is 11.3 Å². The molecule has 0 unspecified atom stereocenters. The molecule has 0 saturated heterocycles. The highest BCUT2D eigenvalue weighted by molar-refractivity contribution is 7.11. The van der Waals surface area contributed by atoms with E-state index in [-0.39, 0.29) is 5.78 Å². The van der Waals surface area contributed by atoms with Crippen molar-refractivity contribution in [1.82, 2.24) is 0 Å². The van der Waals surface area contributed by atoms with Gasteiger partial charge in [0.1, 0.15) is 0 Å². The molecular formula is C18H13NOS. The molecule has 3 aromatic rings. The highest BCUT2D eigenvalue weighted by atomic mass is 32.1. The van der Waals surface area contributed by atoms with E-state index in [4.69, 9.17) is 0 Å². The van der Waals surface area contributed by atoms with Crippen molar-refractivity contribution in [3.63, 3.8) is 0 Å². The molecule has 21 heavy (non-hydrogen) atoms. The standard InChI is InChI=1S/C18H13NOS/c20-18(14-7-2-1-3-8-14)16-10-4-5-11-17(16)19-13-15-9-6-12-21-15/h1-13H. The molecule has 2 nitrogen and oxygen atoms in total. The molecule has 0 saturated carbocycles. The third-order valence-corrected chi connectivity index (χ3v) is 3.87. The van der Waals surface area contributed by atoms with Gasteiger partial charge in [0, 0.05) is 22.2 Å². The van der Waals surface area contributed by atoms with Gasteiger partial charge in [-0.2, -0.15) is 0 Å². The SMILES string of the molecule is O=C(c1ccccc1)c1ccccc1N=Cc1cccs1. The zero-order valence-corrected chi connectivity index (χ0v) is 12.1. The van der Waals surface area contributed by atoms with Gasteiger partial charge in [-0.3, -0.25) is 9.79 Å². The van der Waals surface area contributed by atoms with Gasteiger partial charge in [0.25, 0.3) is 0 Å². The van der Waals surface area contributed by atoms with E-state index in [1.807, 2.05) is 72.1 Å². The Kier molecular flexibility index (Phi) is 4.03. The fourth-order valence-electron chi connectivity index (χ4n) is 2.02. The van der Waals surface area contributed by atoms with Crippen molar-refractivity contribution in [2.24, 2.45) is 4.99 Å². The van der Waals surface area contributed by atoms with Gasteiger partial charge in [0.2, 0.25) is 0 Å². The number of nitrogens with zero attached hydrogens (tertiary/aromatic N) is 1. The topological polar surface area (TPSA) is 29.4 Å². The van der Waals surface area contributed by atoms with Crippen LogP contribution < -0.4 is 0 Å². The second-order valence-electron chi connectivity index (χ2n) is 4.49. The van der Waals surface area contributed by atoms with Crippen LogP contribution in [0.2, 0.25) is 0 Å². The molecule has 0 bridgehead atoms. The van der Waals surface area contributed by atoms with Gasteiger partial charge in [-0.25, -0.2) is 0 Å². The first-order valence-corrected chi connectivity index (χ1v) is 7.49. The van der Waals surface area contributed by atoms with E-state index in [1.54, 1.807) is 17.6 Å². The predicted octanol–water partition coefficient (Wildman–Crippen LogP) is 4.73. The number of aliphatic imine (C=N–C) groups is 1. The summed E-state index contributed by atoms with van der Waals surface area (Å²) in [5.41, 5.74) is 1.99. The van der Waals surface area contributed by atoms with Crippen molar-refractivity contribution in [3.8, 4) is 0 Å². The van der Waals surface area contributed by atoms with E-state index >= 15 is 0 Å². The molecule has 0 radical (unpaired) electrons. The van der Waals surface area contributed by atoms with E-state index < -0.39 is 0 Å². The summed E-state index contributed by atoms with van der Waals surface area (Å²) in [7, 11) is 0. The lowest BCUT2D eigenvalue weighted by atomic mass is 10.0. The molecule has 102 valence electrons. The van der Waals surface area contributed by atoms with Gasteiger partial charge in [-0.15, -0.1) is 11.3 Å². The van der Waals surface area contributed by atoms with Crippen molar-refractivity contribution < 1.29 is 4.79 Å². The van der Waals surface area contributed by atoms with Crippen molar-refractivity contribution in [1.29, 1.82) is 0 Å². The van der Waals surface area contributed by atoms with Gasteiger partial charge >= 0.3 is 0 Å². The highest BCUT2D eigenvalue weighted by Gasteiger charge is 2.12. The minimum absolute atomic E-state index is 0.00507. The second kappa shape index (κ2) is 6.29. The Balaban J connectivity index is 1.95. The number of benzene rings is 2. The maximum absolute atomic E-state index is 12.6. The molecule has 3 rings (SSSR count). The van der Waals surface area contributed by atoms with Crippen LogP contribution in [0.4, 0.5) is 5.69 Å². The van der Waals surface area contributed by atoms with Crippen LogP contribution in [0.15, 0.2) is 77.1 Å². The summed E-state index contributed by atoms with van der Waals surface area (Å²) in [4.78, 5) is 18.1.